The van der Waals surface area contributed by atoms with Gasteiger partial charge in [-0.1, -0.05) is 6.42 Å². The largest absolute Gasteiger partial charge is 0.353 e. The second-order valence-electron chi connectivity index (χ2n) is 6.92. The van der Waals surface area contributed by atoms with Crippen LogP contribution in [0.2, 0.25) is 0 Å². The van der Waals surface area contributed by atoms with Crippen molar-refractivity contribution in [3.8, 4) is 0 Å². The predicted molar refractivity (Wildman–Crippen MR) is 106 cm³/mol. The van der Waals surface area contributed by atoms with Crippen LogP contribution in [0.4, 0.5) is 5.69 Å². The van der Waals surface area contributed by atoms with Gasteiger partial charge in [0.1, 0.15) is 6.04 Å². The Morgan fingerprint density at radius 3 is 2.54 bits per heavy atom. The molecule has 2 aliphatic rings. The van der Waals surface area contributed by atoms with Gasteiger partial charge in [0.05, 0.1) is 9.82 Å². The topological polar surface area (TPSA) is 122 Å². The SMILES string of the molecule is Cl.O=C(NCC1CCCN1)C1CCCCN1S(=O)(=O)c1ccc([N+](=O)[O-])cc1. The van der Waals surface area contributed by atoms with Gasteiger partial charge in [0.15, 0.2) is 0 Å². The van der Waals surface area contributed by atoms with E-state index in [1.807, 2.05) is 0 Å². The van der Waals surface area contributed by atoms with Crippen LogP contribution in [-0.2, 0) is 14.8 Å². The molecule has 2 heterocycles. The number of hydrogen-bond acceptors (Lipinski definition) is 6. The van der Waals surface area contributed by atoms with E-state index >= 15 is 0 Å². The van der Waals surface area contributed by atoms with Gasteiger partial charge in [-0.3, -0.25) is 14.9 Å². The maximum absolute atomic E-state index is 13.0. The fourth-order valence-electron chi connectivity index (χ4n) is 3.60. The highest BCUT2D eigenvalue weighted by atomic mass is 35.5. The number of amides is 1. The first-order valence-corrected chi connectivity index (χ1v) is 10.6. The summed E-state index contributed by atoms with van der Waals surface area (Å²) in [7, 11) is -3.90. The van der Waals surface area contributed by atoms with Gasteiger partial charge in [-0.15, -0.1) is 12.4 Å². The molecule has 156 valence electrons. The first-order valence-electron chi connectivity index (χ1n) is 9.17. The van der Waals surface area contributed by atoms with Crippen molar-refractivity contribution in [3.05, 3.63) is 34.4 Å². The molecule has 2 N–H and O–H groups in total. The van der Waals surface area contributed by atoms with Gasteiger partial charge < -0.3 is 10.6 Å². The molecule has 0 aromatic heterocycles. The molecule has 28 heavy (non-hydrogen) atoms. The minimum atomic E-state index is -3.90. The second-order valence-corrected chi connectivity index (χ2v) is 8.81. The van der Waals surface area contributed by atoms with Gasteiger partial charge in [-0.25, -0.2) is 8.42 Å². The van der Waals surface area contributed by atoms with Crippen molar-refractivity contribution in [2.24, 2.45) is 0 Å². The van der Waals surface area contributed by atoms with Crippen LogP contribution in [-0.4, -0.2) is 55.3 Å². The van der Waals surface area contributed by atoms with Crippen molar-refractivity contribution >= 4 is 34.0 Å². The maximum Gasteiger partial charge on any atom is 0.269 e. The Bertz CT molecular complexity index is 796. The van der Waals surface area contributed by atoms with Crippen molar-refractivity contribution in [1.29, 1.82) is 0 Å². The first kappa shape index (κ1) is 22.5. The van der Waals surface area contributed by atoms with E-state index in [4.69, 9.17) is 0 Å². The van der Waals surface area contributed by atoms with E-state index in [1.165, 1.54) is 16.4 Å². The first-order chi connectivity index (χ1) is 12.9. The summed E-state index contributed by atoms with van der Waals surface area (Å²) >= 11 is 0. The Kier molecular flexibility index (Phi) is 7.76. The van der Waals surface area contributed by atoms with Crippen molar-refractivity contribution < 1.29 is 18.1 Å². The predicted octanol–water partition coefficient (Wildman–Crippen LogP) is 1.43. The van der Waals surface area contributed by atoms with Crippen LogP contribution in [0.5, 0.6) is 0 Å². The quantitative estimate of drug-likeness (QED) is 0.518. The number of halogens is 1. The van der Waals surface area contributed by atoms with Crippen LogP contribution < -0.4 is 10.6 Å². The highest BCUT2D eigenvalue weighted by molar-refractivity contribution is 7.89. The lowest BCUT2D eigenvalue weighted by Crippen LogP contribution is -2.53. The Balaban J connectivity index is 0.00000280. The monoisotopic (exact) mass is 432 g/mol. The molecule has 1 aromatic carbocycles. The van der Waals surface area contributed by atoms with Crippen molar-refractivity contribution in [2.45, 2.75) is 49.1 Å². The Morgan fingerprint density at radius 2 is 1.93 bits per heavy atom. The number of piperidine rings is 1. The molecule has 2 unspecified atom stereocenters. The van der Waals surface area contributed by atoms with Crippen LogP contribution in [0, 0.1) is 10.1 Å². The number of hydrogen-bond donors (Lipinski definition) is 2. The minimum Gasteiger partial charge on any atom is -0.353 e. The number of sulfonamides is 1. The highest BCUT2D eigenvalue weighted by Crippen LogP contribution is 2.26. The molecule has 1 aromatic rings. The van der Waals surface area contributed by atoms with Gasteiger partial charge >= 0.3 is 0 Å². The van der Waals surface area contributed by atoms with Crippen LogP contribution in [0.3, 0.4) is 0 Å². The molecule has 0 bridgehead atoms. The summed E-state index contributed by atoms with van der Waals surface area (Å²) in [4.78, 5) is 22.8. The molecule has 0 saturated carbocycles. The molecule has 2 fully saturated rings. The lowest BCUT2D eigenvalue weighted by molar-refractivity contribution is -0.384. The average Bonchev–Trinajstić information content (AvgIpc) is 3.20. The molecule has 11 heteroatoms. The maximum atomic E-state index is 13.0. The van der Waals surface area contributed by atoms with Gasteiger partial charge in [-0.2, -0.15) is 4.31 Å². The molecule has 1 amide bonds. The summed E-state index contributed by atoms with van der Waals surface area (Å²) < 4.78 is 27.2. The lowest BCUT2D eigenvalue weighted by atomic mass is 10.0. The van der Waals surface area contributed by atoms with Crippen molar-refractivity contribution in [1.82, 2.24) is 14.9 Å². The van der Waals surface area contributed by atoms with E-state index in [2.05, 4.69) is 10.6 Å². The standard InChI is InChI=1S/C17H24N4O5S.ClH/c22-17(19-12-13-4-3-10-18-13)16-5-1-2-11-20(16)27(25,26)15-8-6-14(7-9-15)21(23)24;/h6-9,13,16,18H,1-5,10-12H2,(H,19,22);1H. The third-order valence-electron chi connectivity index (χ3n) is 5.10. The van der Waals surface area contributed by atoms with E-state index in [-0.39, 0.29) is 41.5 Å². The Labute approximate surface area is 170 Å². The number of nitro groups is 1. The lowest BCUT2D eigenvalue weighted by Gasteiger charge is -2.33. The van der Waals surface area contributed by atoms with E-state index < -0.39 is 21.0 Å². The summed E-state index contributed by atoms with van der Waals surface area (Å²) in [5, 5.41) is 16.9. The van der Waals surface area contributed by atoms with E-state index in [1.54, 1.807) is 0 Å². The van der Waals surface area contributed by atoms with Gasteiger partial charge in [0, 0.05) is 31.3 Å². The molecule has 0 radical (unpaired) electrons. The smallest absolute Gasteiger partial charge is 0.269 e. The number of carbonyl (C=O) groups is 1. The van der Waals surface area contributed by atoms with Crippen molar-refractivity contribution in [2.75, 3.05) is 19.6 Å². The highest BCUT2D eigenvalue weighted by Gasteiger charge is 2.37. The van der Waals surface area contributed by atoms with E-state index in [0.29, 0.717) is 19.4 Å². The Morgan fingerprint density at radius 1 is 1.21 bits per heavy atom. The zero-order valence-corrected chi connectivity index (χ0v) is 17.0. The second kappa shape index (κ2) is 9.64. The van der Waals surface area contributed by atoms with Crippen molar-refractivity contribution in [3.63, 3.8) is 0 Å². The summed E-state index contributed by atoms with van der Waals surface area (Å²) in [5.74, 6) is -0.283. The van der Waals surface area contributed by atoms with Gasteiger partial charge in [0.2, 0.25) is 15.9 Å². The summed E-state index contributed by atoms with van der Waals surface area (Å²) in [5.41, 5.74) is -0.175. The molecule has 2 saturated heterocycles. The van der Waals surface area contributed by atoms with Crippen LogP contribution in [0.25, 0.3) is 0 Å². The number of nitrogens with one attached hydrogen (secondary N) is 2. The molecular formula is C17H25ClN4O5S. The van der Waals surface area contributed by atoms with Crippen LogP contribution in [0.15, 0.2) is 29.2 Å². The van der Waals surface area contributed by atoms with E-state index in [0.717, 1.165) is 37.9 Å². The normalized spacial score (nSPS) is 23.0. The third kappa shape index (κ3) is 4.99. The van der Waals surface area contributed by atoms with Crippen LogP contribution >= 0.6 is 12.4 Å². The molecule has 0 aliphatic carbocycles. The summed E-state index contributed by atoms with van der Waals surface area (Å²) in [6.07, 6.45) is 4.00. The zero-order valence-electron chi connectivity index (χ0n) is 15.4. The summed E-state index contributed by atoms with van der Waals surface area (Å²) in [6, 6.07) is 4.26. The van der Waals surface area contributed by atoms with Gasteiger partial charge in [-0.05, 0) is 44.4 Å². The molecular weight excluding hydrogens is 408 g/mol. The number of benzene rings is 1. The van der Waals surface area contributed by atoms with Gasteiger partial charge in [0.25, 0.3) is 5.69 Å². The number of rotatable bonds is 6. The summed E-state index contributed by atoms with van der Waals surface area (Å²) in [6.45, 7) is 1.68. The molecule has 2 aliphatic heterocycles. The zero-order chi connectivity index (χ0) is 19.4. The van der Waals surface area contributed by atoms with Crippen LogP contribution in [0.1, 0.15) is 32.1 Å². The molecule has 0 spiro atoms. The fraction of sp³-hybridized carbons (Fsp3) is 0.588. The number of nitrogens with zero attached hydrogens (tertiary/aromatic N) is 2. The fourth-order valence-corrected chi connectivity index (χ4v) is 5.26. The number of non-ortho nitro benzene ring substituents is 1. The number of nitro benzene ring substituents is 1. The minimum absolute atomic E-state index is 0. The average molecular weight is 433 g/mol. The molecule has 2 atom stereocenters. The molecule has 3 rings (SSSR count). The number of carbonyl (C=O) groups excluding carboxylic acids is 1. The molecule has 9 nitrogen and oxygen atoms in total. The van der Waals surface area contributed by atoms with E-state index in [9.17, 15) is 23.3 Å². The third-order valence-corrected chi connectivity index (χ3v) is 7.02. The Hall–Kier alpha value is -1.75.